The number of carbonyl (C=O) groups is 2. The summed E-state index contributed by atoms with van der Waals surface area (Å²) in [5.41, 5.74) is 4.33. The number of ketones is 1. The number of fused-ring (bicyclic) bond motifs is 1. The number of rotatable bonds is 7. The van der Waals surface area contributed by atoms with E-state index in [1.54, 1.807) is 12.1 Å². The van der Waals surface area contributed by atoms with E-state index in [1.165, 1.54) is 28.0 Å². The first-order valence-corrected chi connectivity index (χ1v) is 15.8. The molecule has 3 heterocycles. The molecule has 1 saturated heterocycles. The van der Waals surface area contributed by atoms with Crippen LogP contribution in [0.5, 0.6) is 5.75 Å². The van der Waals surface area contributed by atoms with E-state index in [1.807, 2.05) is 61.5 Å². The first-order chi connectivity index (χ1) is 20.2. The molecule has 0 radical (unpaired) electrons. The van der Waals surface area contributed by atoms with Crippen LogP contribution in [-0.4, -0.2) is 33.1 Å². The fourth-order valence-corrected chi connectivity index (χ4v) is 7.17. The largest absolute Gasteiger partial charge is 0.507 e. The SMILES string of the molecule is CC1Cc2cc(/C(O)=C3\C(=O)C(=O)N(c4nnc(SCc5ccc(Cl)cc5)s4)C3c3ccc(C(C)C)cc3)ccc2O1. The Hall–Kier alpha value is -3.66. The zero-order valence-electron chi connectivity index (χ0n) is 23.2. The summed E-state index contributed by atoms with van der Waals surface area (Å²) in [5.74, 6) is -0.0227. The molecule has 4 aromatic rings. The van der Waals surface area contributed by atoms with Crippen molar-refractivity contribution in [2.75, 3.05) is 4.90 Å². The summed E-state index contributed by atoms with van der Waals surface area (Å²) in [5, 5.41) is 21.1. The van der Waals surface area contributed by atoms with Gasteiger partial charge < -0.3 is 9.84 Å². The van der Waals surface area contributed by atoms with Crippen molar-refractivity contribution < 1.29 is 19.4 Å². The van der Waals surface area contributed by atoms with E-state index in [9.17, 15) is 14.7 Å². The van der Waals surface area contributed by atoms with Gasteiger partial charge in [0.2, 0.25) is 5.13 Å². The van der Waals surface area contributed by atoms with Gasteiger partial charge in [-0.3, -0.25) is 14.5 Å². The van der Waals surface area contributed by atoms with Gasteiger partial charge in [0.1, 0.15) is 17.6 Å². The maximum absolute atomic E-state index is 13.6. The predicted octanol–water partition coefficient (Wildman–Crippen LogP) is 7.56. The molecule has 1 N–H and O–H groups in total. The topological polar surface area (TPSA) is 92.6 Å². The Morgan fingerprint density at radius 2 is 1.83 bits per heavy atom. The highest BCUT2D eigenvalue weighted by atomic mass is 35.5. The molecule has 0 aliphatic carbocycles. The van der Waals surface area contributed by atoms with Gasteiger partial charge in [-0.15, -0.1) is 10.2 Å². The summed E-state index contributed by atoms with van der Waals surface area (Å²) in [7, 11) is 0. The number of Topliss-reactive ketones (excluding diaryl/α,β-unsaturated/α-hetero) is 1. The van der Waals surface area contributed by atoms with Gasteiger partial charge in [0.25, 0.3) is 5.78 Å². The quantitative estimate of drug-likeness (QED) is 0.0752. The zero-order valence-corrected chi connectivity index (χ0v) is 25.6. The monoisotopic (exact) mass is 617 g/mol. The molecule has 7 nitrogen and oxygen atoms in total. The molecule has 214 valence electrons. The Labute approximate surface area is 257 Å². The minimum atomic E-state index is -0.864. The van der Waals surface area contributed by atoms with E-state index in [4.69, 9.17) is 16.3 Å². The minimum Gasteiger partial charge on any atom is -0.507 e. The maximum atomic E-state index is 13.6. The molecule has 2 aliphatic rings. The number of aliphatic hydroxyl groups is 1. The van der Waals surface area contributed by atoms with E-state index < -0.39 is 17.7 Å². The molecular formula is C32H28ClN3O4S2. The molecule has 1 aromatic heterocycles. The van der Waals surface area contributed by atoms with Crippen LogP contribution in [0.2, 0.25) is 5.02 Å². The van der Waals surface area contributed by atoms with Crippen LogP contribution in [0.1, 0.15) is 60.5 Å². The number of halogens is 1. The van der Waals surface area contributed by atoms with Gasteiger partial charge in [-0.25, -0.2) is 0 Å². The van der Waals surface area contributed by atoms with Crippen LogP contribution in [0.3, 0.4) is 0 Å². The van der Waals surface area contributed by atoms with Crippen molar-refractivity contribution >= 4 is 57.3 Å². The summed E-state index contributed by atoms with van der Waals surface area (Å²) in [6.45, 7) is 6.18. The molecule has 3 aromatic carbocycles. The van der Waals surface area contributed by atoms with Crippen LogP contribution in [0.15, 0.2) is 76.6 Å². The van der Waals surface area contributed by atoms with Crippen LogP contribution >= 0.6 is 34.7 Å². The first-order valence-electron chi connectivity index (χ1n) is 13.6. The number of thioether (sulfide) groups is 1. The smallest absolute Gasteiger partial charge is 0.301 e. The third-order valence-electron chi connectivity index (χ3n) is 7.41. The highest BCUT2D eigenvalue weighted by molar-refractivity contribution is 8.00. The maximum Gasteiger partial charge on any atom is 0.301 e. The lowest BCUT2D eigenvalue weighted by atomic mass is 9.93. The number of amides is 1. The van der Waals surface area contributed by atoms with E-state index >= 15 is 0 Å². The molecular weight excluding hydrogens is 590 g/mol. The van der Waals surface area contributed by atoms with Crippen molar-refractivity contribution in [1.82, 2.24) is 10.2 Å². The zero-order chi connectivity index (χ0) is 29.5. The summed E-state index contributed by atoms with van der Waals surface area (Å²) in [6.07, 6.45) is 0.734. The van der Waals surface area contributed by atoms with Gasteiger partial charge in [-0.05, 0) is 65.4 Å². The lowest BCUT2D eigenvalue weighted by Crippen LogP contribution is -2.29. The normalized spacial score (nSPS) is 19.4. The second-order valence-electron chi connectivity index (χ2n) is 10.7. The molecule has 1 amide bonds. The third kappa shape index (κ3) is 5.44. The van der Waals surface area contributed by atoms with E-state index in [0.29, 0.717) is 43.7 Å². The van der Waals surface area contributed by atoms with Crippen molar-refractivity contribution in [1.29, 1.82) is 0 Å². The highest BCUT2D eigenvalue weighted by Crippen LogP contribution is 2.45. The van der Waals surface area contributed by atoms with Crippen molar-refractivity contribution in [2.24, 2.45) is 0 Å². The Bertz CT molecular complexity index is 1700. The molecule has 2 unspecified atom stereocenters. The predicted molar refractivity (Wildman–Crippen MR) is 166 cm³/mol. The summed E-state index contributed by atoms with van der Waals surface area (Å²) in [4.78, 5) is 28.6. The van der Waals surface area contributed by atoms with E-state index in [2.05, 4.69) is 24.0 Å². The molecule has 0 saturated carbocycles. The van der Waals surface area contributed by atoms with Crippen molar-refractivity contribution in [2.45, 2.75) is 55.3 Å². The fraction of sp³-hybridized carbons (Fsp3) is 0.250. The van der Waals surface area contributed by atoms with Crippen LogP contribution in [0, 0.1) is 0 Å². The Kier molecular flexibility index (Phi) is 7.83. The Morgan fingerprint density at radius 3 is 2.55 bits per heavy atom. The van der Waals surface area contributed by atoms with Gasteiger partial charge in [-0.2, -0.15) is 0 Å². The number of carbonyl (C=O) groups excluding carboxylic acids is 2. The Morgan fingerprint density at radius 1 is 1.10 bits per heavy atom. The van der Waals surface area contributed by atoms with Crippen LogP contribution in [-0.2, 0) is 21.8 Å². The van der Waals surface area contributed by atoms with Gasteiger partial charge >= 0.3 is 5.91 Å². The molecule has 42 heavy (non-hydrogen) atoms. The molecule has 6 rings (SSSR count). The van der Waals surface area contributed by atoms with Crippen LogP contribution in [0.4, 0.5) is 5.13 Å². The van der Waals surface area contributed by atoms with Gasteiger partial charge in [0.15, 0.2) is 4.34 Å². The fourth-order valence-electron chi connectivity index (χ4n) is 5.22. The van der Waals surface area contributed by atoms with Gasteiger partial charge in [0, 0.05) is 22.8 Å². The van der Waals surface area contributed by atoms with Crippen molar-refractivity contribution in [3.05, 3.63) is 105 Å². The molecule has 1 fully saturated rings. The number of benzene rings is 3. The van der Waals surface area contributed by atoms with E-state index in [-0.39, 0.29) is 17.4 Å². The summed E-state index contributed by atoms with van der Waals surface area (Å²) < 4.78 is 6.46. The number of nitrogens with zero attached hydrogens (tertiary/aromatic N) is 3. The van der Waals surface area contributed by atoms with Crippen LogP contribution in [0.25, 0.3) is 5.76 Å². The molecule has 2 aliphatic heterocycles. The second-order valence-corrected chi connectivity index (χ2v) is 13.3. The number of ether oxygens (including phenoxy) is 1. The average Bonchev–Trinajstić information content (AvgIpc) is 3.67. The number of hydrogen-bond acceptors (Lipinski definition) is 8. The summed E-state index contributed by atoms with van der Waals surface area (Å²) in [6, 6.07) is 19.8. The molecule has 0 bridgehead atoms. The first kappa shape index (κ1) is 28.5. The van der Waals surface area contributed by atoms with Crippen LogP contribution < -0.4 is 9.64 Å². The number of anilines is 1. The lowest BCUT2D eigenvalue weighted by molar-refractivity contribution is -0.132. The van der Waals surface area contributed by atoms with Crippen molar-refractivity contribution in [3.8, 4) is 5.75 Å². The third-order valence-corrected chi connectivity index (χ3v) is 9.79. The van der Waals surface area contributed by atoms with Gasteiger partial charge in [0.05, 0.1) is 11.6 Å². The number of aliphatic hydroxyl groups excluding tert-OH is 1. The number of aromatic nitrogens is 2. The molecule has 2 atom stereocenters. The standard InChI is InChI=1S/C32H28ClN3O4S2/c1-17(2)20-6-8-21(9-7-20)27-26(28(37)22-10-13-25-23(15-22)14-18(3)40-25)29(38)30(39)36(27)31-34-35-32(42-31)41-16-19-4-11-24(33)12-5-19/h4-13,15,17-18,27,37H,14,16H2,1-3H3/b28-26+. The van der Waals surface area contributed by atoms with Crippen molar-refractivity contribution in [3.63, 3.8) is 0 Å². The summed E-state index contributed by atoms with van der Waals surface area (Å²) >= 11 is 8.72. The second kappa shape index (κ2) is 11.6. The highest BCUT2D eigenvalue weighted by Gasteiger charge is 2.48. The number of hydrogen-bond donors (Lipinski definition) is 1. The lowest BCUT2D eigenvalue weighted by Gasteiger charge is -2.23. The minimum absolute atomic E-state index is 0.0229. The van der Waals surface area contributed by atoms with E-state index in [0.717, 1.165) is 22.4 Å². The van der Waals surface area contributed by atoms with Gasteiger partial charge in [-0.1, -0.05) is 84.9 Å². The average molecular weight is 618 g/mol. The Balaban J connectivity index is 1.39. The molecule has 10 heteroatoms. The molecule has 0 spiro atoms.